The SMILES string of the molecule is CCOCC.NC(OP(=O)(O)O)OP(=O)(O)O. The molecule has 17 heavy (non-hydrogen) atoms. The zero-order chi connectivity index (χ0) is 14.1. The molecule has 0 aliphatic carbocycles. The molecule has 0 unspecified atom stereocenters. The molecular weight excluding hydrogens is 280 g/mol. The van der Waals surface area contributed by atoms with Crippen LogP contribution in [-0.2, 0) is 22.9 Å². The highest BCUT2D eigenvalue weighted by Gasteiger charge is 2.26. The van der Waals surface area contributed by atoms with Gasteiger partial charge in [0.1, 0.15) is 0 Å². The fourth-order valence-electron chi connectivity index (χ4n) is 0.494. The van der Waals surface area contributed by atoms with E-state index in [-0.39, 0.29) is 0 Å². The van der Waals surface area contributed by atoms with Crippen molar-refractivity contribution in [2.24, 2.45) is 5.73 Å². The Hall–Kier alpha value is 0.140. The van der Waals surface area contributed by atoms with Crippen LogP contribution in [0.2, 0.25) is 0 Å². The Labute approximate surface area is 98.2 Å². The molecule has 0 heterocycles. The molecule has 12 heteroatoms. The Kier molecular flexibility index (Phi) is 10.5. The number of hydrogen-bond acceptors (Lipinski definition) is 6. The van der Waals surface area contributed by atoms with Crippen LogP contribution in [0.15, 0.2) is 0 Å². The fraction of sp³-hybridized carbons (Fsp3) is 1.00. The van der Waals surface area contributed by atoms with Crippen LogP contribution < -0.4 is 5.73 Å². The van der Waals surface area contributed by atoms with Crippen molar-refractivity contribution in [3.8, 4) is 0 Å². The smallest absolute Gasteiger partial charge is 0.382 e. The van der Waals surface area contributed by atoms with Crippen molar-refractivity contribution < 1.29 is 42.5 Å². The van der Waals surface area contributed by atoms with Crippen LogP contribution in [0.3, 0.4) is 0 Å². The lowest BCUT2D eigenvalue weighted by atomic mass is 10.8. The second kappa shape index (κ2) is 9.12. The molecule has 0 saturated carbocycles. The van der Waals surface area contributed by atoms with Crippen LogP contribution in [0.25, 0.3) is 0 Å². The van der Waals surface area contributed by atoms with E-state index in [1.807, 2.05) is 13.8 Å². The van der Waals surface area contributed by atoms with Gasteiger partial charge in [-0.25, -0.2) is 18.2 Å². The first-order valence-corrected chi connectivity index (χ1v) is 7.39. The summed E-state index contributed by atoms with van der Waals surface area (Å²) in [4.78, 5) is 32.2. The molecule has 0 aromatic carbocycles. The summed E-state index contributed by atoms with van der Waals surface area (Å²) >= 11 is 0. The number of nitrogens with two attached hydrogens (primary N) is 1. The average Bonchev–Trinajstić information content (AvgIpc) is 1.98. The van der Waals surface area contributed by atoms with Crippen LogP contribution in [0, 0.1) is 0 Å². The van der Waals surface area contributed by atoms with E-state index in [0.717, 1.165) is 13.2 Å². The van der Waals surface area contributed by atoms with E-state index in [1.54, 1.807) is 0 Å². The van der Waals surface area contributed by atoms with E-state index in [1.165, 1.54) is 0 Å². The monoisotopic (exact) mass is 297 g/mol. The lowest BCUT2D eigenvalue weighted by Gasteiger charge is -2.13. The summed E-state index contributed by atoms with van der Waals surface area (Å²) in [5.74, 6) is 0. The van der Waals surface area contributed by atoms with Crippen molar-refractivity contribution in [2.45, 2.75) is 20.3 Å². The number of ether oxygens (including phenoxy) is 1. The van der Waals surface area contributed by atoms with Gasteiger partial charge in [0.2, 0.25) is 6.41 Å². The Morgan fingerprint density at radius 2 is 1.29 bits per heavy atom. The highest BCUT2D eigenvalue weighted by Crippen LogP contribution is 2.42. The van der Waals surface area contributed by atoms with E-state index in [0.29, 0.717) is 0 Å². The predicted octanol–water partition coefficient (Wildman–Crippen LogP) is -0.510. The molecule has 0 bridgehead atoms. The van der Waals surface area contributed by atoms with Gasteiger partial charge in [0.05, 0.1) is 0 Å². The molecule has 0 aliphatic rings. The highest BCUT2D eigenvalue weighted by atomic mass is 31.2. The minimum atomic E-state index is -4.90. The molecule has 0 rings (SSSR count). The molecule has 0 amide bonds. The van der Waals surface area contributed by atoms with Crippen LogP contribution in [0.5, 0.6) is 0 Å². The average molecular weight is 297 g/mol. The summed E-state index contributed by atoms with van der Waals surface area (Å²) in [6.07, 6.45) is -2.17. The van der Waals surface area contributed by atoms with Crippen molar-refractivity contribution >= 4 is 15.6 Å². The summed E-state index contributed by atoms with van der Waals surface area (Å²) < 4.78 is 31.9. The molecule has 0 aromatic heterocycles. The number of phosphoric acid groups is 2. The molecule has 0 atom stereocenters. The third kappa shape index (κ3) is 21.9. The Bertz CT molecular complexity index is 247. The Morgan fingerprint density at radius 1 is 1.00 bits per heavy atom. The van der Waals surface area contributed by atoms with Gasteiger partial charge < -0.3 is 24.3 Å². The highest BCUT2D eigenvalue weighted by molar-refractivity contribution is 7.47. The number of rotatable bonds is 6. The van der Waals surface area contributed by atoms with Crippen molar-refractivity contribution in [3.05, 3.63) is 0 Å². The minimum absolute atomic E-state index is 0.844. The van der Waals surface area contributed by atoms with Crippen LogP contribution in [0.1, 0.15) is 13.8 Å². The topological polar surface area (TPSA) is 169 Å². The first-order valence-electron chi connectivity index (χ1n) is 4.33. The van der Waals surface area contributed by atoms with Crippen LogP contribution in [0.4, 0.5) is 0 Å². The van der Waals surface area contributed by atoms with Crippen molar-refractivity contribution in [1.82, 2.24) is 0 Å². The van der Waals surface area contributed by atoms with Crippen LogP contribution in [-0.4, -0.2) is 39.2 Å². The third-order valence-corrected chi connectivity index (χ3v) is 1.86. The van der Waals surface area contributed by atoms with E-state index < -0.39 is 22.1 Å². The summed E-state index contributed by atoms with van der Waals surface area (Å²) in [5.41, 5.74) is 4.62. The van der Waals surface area contributed by atoms with Gasteiger partial charge in [-0.2, -0.15) is 0 Å². The van der Waals surface area contributed by atoms with Gasteiger partial charge in [0.25, 0.3) is 0 Å². The number of hydrogen-bond donors (Lipinski definition) is 5. The fourth-order valence-corrected chi connectivity index (χ4v) is 1.19. The van der Waals surface area contributed by atoms with Gasteiger partial charge in [0.15, 0.2) is 0 Å². The molecule has 0 fully saturated rings. The van der Waals surface area contributed by atoms with Gasteiger partial charge in [-0.05, 0) is 13.8 Å². The third-order valence-electron chi connectivity index (χ3n) is 0.891. The first kappa shape index (κ1) is 19.5. The van der Waals surface area contributed by atoms with Gasteiger partial charge in [-0.15, -0.1) is 0 Å². The van der Waals surface area contributed by atoms with Crippen molar-refractivity contribution in [3.63, 3.8) is 0 Å². The maximum Gasteiger partial charge on any atom is 0.472 e. The molecule has 0 radical (unpaired) electrons. The molecule has 0 aromatic rings. The molecular formula is C5H17NO9P2. The van der Waals surface area contributed by atoms with E-state index in [4.69, 9.17) is 24.3 Å². The predicted molar refractivity (Wildman–Crippen MR) is 56.4 cm³/mol. The second-order valence-corrected chi connectivity index (χ2v) is 4.73. The maximum absolute atomic E-state index is 9.99. The molecule has 0 aliphatic heterocycles. The van der Waals surface area contributed by atoms with Gasteiger partial charge >= 0.3 is 15.6 Å². The van der Waals surface area contributed by atoms with Gasteiger partial charge in [-0.3, -0.25) is 5.73 Å². The quantitative estimate of drug-likeness (QED) is 0.318. The lowest BCUT2D eigenvalue weighted by Crippen LogP contribution is -2.24. The van der Waals surface area contributed by atoms with Gasteiger partial charge in [-0.1, -0.05) is 0 Å². The second-order valence-electron chi connectivity index (χ2n) is 2.34. The summed E-state index contributed by atoms with van der Waals surface area (Å²) in [6.45, 7) is 5.67. The summed E-state index contributed by atoms with van der Waals surface area (Å²) in [5, 5.41) is 0. The molecule has 0 spiro atoms. The summed E-state index contributed by atoms with van der Waals surface area (Å²) in [7, 11) is -9.80. The number of phosphoric ester groups is 2. The van der Waals surface area contributed by atoms with E-state index >= 15 is 0 Å². The van der Waals surface area contributed by atoms with E-state index in [2.05, 4.69) is 14.8 Å². The Morgan fingerprint density at radius 3 is 1.41 bits per heavy atom. The minimum Gasteiger partial charge on any atom is -0.382 e. The first-order chi connectivity index (χ1) is 7.52. The molecule has 0 saturated heterocycles. The largest absolute Gasteiger partial charge is 0.472 e. The lowest BCUT2D eigenvalue weighted by molar-refractivity contribution is -0.0278. The van der Waals surface area contributed by atoms with Gasteiger partial charge in [0, 0.05) is 13.2 Å². The van der Waals surface area contributed by atoms with Crippen LogP contribution >= 0.6 is 15.6 Å². The maximum atomic E-state index is 9.99. The molecule has 10 nitrogen and oxygen atoms in total. The normalized spacial score (nSPS) is 12.2. The summed E-state index contributed by atoms with van der Waals surface area (Å²) in [6, 6.07) is 0. The zero-order valence-corrected chi connectivity index (χ0v) is 11.1. The molecule has 6 N–H and O–H groups in total. The van der Waals surface area contributed by atoms with Crippen molar-refractivity contribution in [1.29, 1.82) is 0 Å². The Balaban J connectivity index is 0. The zero-order valence-electron chi connectivity index (χ0n) is 9.29. The van der Waals surface area contributed by atoms with E-state index in [9.17, 15) is 9.13 Å². The van der Waals surface area contributed by atoms with Crippen molar-refractivity contribution in [2.75, 3.05) is 13.2 Å². The molecule has 106 valence electrons. The standard InChI is InChI=1S/C4H10O.CH7NO8P2/c1-3-5-4-2;2-1(9-11(3,4)5)10-12(6,7)8/h3-4H2,1-2H3;1H,2H2,(H2,3,4,5)(H2,6,7,8).